The summed E-state index contributed by atoms with van der Waals surface area (Å²) >= 11 is 0. The number of amides is 2. The Morgan fingerprint density at radius 3 is 2.58 bits per heavy atom. The maximum Gasteiger partial charge on any atom is 0.410 e. The molecule has 2 amide bonds. The fraction of sp³-hybridized carbons (Fsp3) is 0.387. The highest BCUT2D eigenvalue weighted by Gasteiger charge is 2.34. The number of carbonyl (C=O) groups is 2. The molecule has 1 aliphatic rings. The Balaban J connectivity index is 1.49. The Labute approximate surface area is 234 Å². The maximum absolute atomic E-state index is 13.1. The highest BCUT2D eigenvalue weighted by molar-refractivity contribution is 5.96. The normalized spacial score (nSPS) is 15.2. The van der Waals surface area contributed by atoms with Crippen molar-refractivity contribution in [3.05, 3.63) is 65.4 Å². The van der Waals surface area contributed by atoms with Crippen LogP contribution >= 0.6 is 0 Å². The molecular weight excluding hydrogens is 508 g/mol. The lowest BCUT2D eigenvalue weighted by atomic mass is 10.0. The van der Waals surface area contributed by atoms with Crippen molar-refractivity contribution in [1.82, 2.24) is 14.7 Å². The molecule has 3 N–H and O–H groups in total. The second-order valence-electron chi connectivity index (χ2n) is 10.9. The number of nitrogens with zero attached hydrogens (tertiary/aromatic N) is 3. The number of benzene rings is 2. The minimum atomic E-state index is -0.634. The lowest BCUT2D eigenvalue weighted by Gasteiger charge is -2.35. The molecule has 0 radical (unpaired) electrons. The van der Waals surface area contributed by atoms with Crippen LogP contribution in [0.3, 0.4) is 0 Å². The fourth-order valence-corrected chi connectivity index (χ4v) is 4.51. The van der Waals surface area contributed by atoms with Crippen molar-refractivity contribution in [2.45, 2.75) is 65.1 Å². The van der Waals surface area contributed by atoms with Crippen molar-refractivity contribution in [3.63, 3.8) is 0 Å². The molecule has 0 bridgehead atoms. The Kier molecular flexibility index (Phi) is 8.80. The molecule has 2 heterocycles. The summed E-state index contributed by atoms with van der Waals surface area (Å²) in [5.74, 6) is 6.11. The summed E-state index contributed by atoms with van der Waals surface area (Å²) in [5, 5.41) is 27.2. The van der Waals surface area contributed by atoms with Crippen LogP contribution in [0, 0.1) is 18.8 Å². The molecule has 2 aromatic carbocycles. The van der Waals surface area contributed by atoms with Crippen LogP contribution in [0.25, 0.3) is 11.3 Å². The lowest BCUT2D eigenvalue weighted by molar-refractivity contribution is -0.122. The summed E-state index contributed by atoms with van der Waals surface area (Å²) in [6.07, 6.45) is 3.55. The third-order valence-electron chi connectivity index (χ3n) is 6.43. The molecule has 1 atom stereocenters. The van der Waals surface area contributed by atoms with Gasteiger partial charge in [0.25, 0.3) is 0 Å². The predicted octanol–water partition coefficient (Wildman–Crippen LogP) is 4.68. The van der Waals surface area contributed by atoms with E-state index in [1.165, 1.54) is 4.90 Å². The zero-order valence-corrected chi connectivity index (χ0v) is 23.4. The maximum atomic E-state index is 13.1. The topological polar surface area (TPSA) is 117 Å². The number of phenols is 1. The van der Waals surface area contributed by atoms with E-state index in [1.54, 1.807) is 41.2 Å². The van der Waals surface area contributed by atoms with Crippen LogP contribution in [0.1, 0.15) is 56.7 Å². The number of rotatable bonds is 5. The van der Waals surface area contributed by atoms with Crippen molar-refractivity contribution in [2.75, 3.05) is 18.5 Å². The molecule has 3 aromatic rings. The minimum absolute atomic E-state index is 0.0721. The van der Waals surface area contributed by atoms with Crippen molar-refractivity contribution in [1.29, 1.82) is 0 Å². The van der Waals surface area contributed by atoms with Gasteiger partial charge in [0.2, 0.25) is 5.91 Å². The summed E-state index contributed by atoms with van der Waals surface area (Å²) in [7, 11) is 0. The van der Waals surface area contributed by atoms with Gasteiger partial charge >= 0.3 is 6.09 Å². The van der Waals surface area contributed by atoms with Crippen LogP contribution in [0.5, 0.6) is 5.75 Å². The second kappa shape index (κ2) is 12.3. The highest BCUT2D eigenvalue weighted by atomic mass is 16.6. The number of aromatic hydroxyl groups is 1. The summed E-state index contributed by atoms with van der Waals surface area (Å²) in [5.41, 5.74) is 3.39. The average Bonchev–Trinajstić information content (AvgIpc) is 3.31. The largest absolute Gasteiger partial charge is 0.507 e. The monoisotopic (exact) mass is 544 g/mol. The van der Waals surface area contributed by atoms with Gasteiger partial charge in [-0.05, 0) is 83.4 Å². The number of hydrogen-bond acceptors (Lipinski definition) is 6. The van der Waals surface area contributed by atoms with Gasteiger partial charge in [0.1, 0.15) is 23.1 Å². The van der Waals surface area contributed by atoms with Crippen LogP contribution in [0.15, 0.2) is 48.7 Å². The van der Waals surface area contributed by atoms with Gasteiger partial charge in [0.05, 0.1) is 18.7 Å². The SMILES string of the molecule is Cc1ccc(O)c(-c2nn(CCO)cc2C#Cc2ccc(NC(=O)[C@H]3CCCCN3C(=O)OC(C)(C)C)cc2)c1. The van der Waals surface area contributed by atoms with Gasteiger partial charge in [-0.25, -0.2) is 4.79 Å². The van der Waals surface area contributed by atoms with Gasteiger partial charge < -0.3 is 20.3 Å². The van der Waals surface area contributed by atoms with E-state index in [-0.39, 0.29) is 18.3 Å². The summed E-state index contributed by atoms with van der Waals surface area (Å²) in [6.45, 7) is 8.08. The second-order valence-corrected chi connectivity index (χ2v) is 10.9. The van der Waals surface area contributed by atoms with Crippen LogP contribution < -0.4 is 5.32 Å². The van der Waals surface area contributed by atoms with Crippen LogP contribution in [0.2, 0.25) is 0 Å². The number of hydrogen-bond donors (Lipinski definition) is 3. The molecular formula is C31H36N4O5. The van der Waals surface area contributed by atoms with E-state index in [2.05, 4.69) is 22.3 Å². The van der Waals surface area contributed by atoms with Crippen molar-refractivity contribution in [3.8, 4) is 28.8 Å². The third-order valence-corrected chi connectivity index (χ3v) is 6.43. The van der Waals surface area contributed by atoms with Crippen molar-refractivity contribution < 1.29 is 24.5 Å². The Morgan fingerprint density at radius 2 is 1.88 bits per heavy atom. The quantitative estimate of drug-likeness (QED) is 0.402. The molecule has 1 aromatic heterocycles. The zero-order valence-electron chi connectivity index (χ0n) is 23.4. The van der Waals surface area contributed by atoms with Crippen LogP contribution in [-0.2, 0) is 16.1 Å². The molecule has 210 valence electrons. The Hall–Kier alpha value is -4.29. The van der Waals surface area contributed by atoms with Crippen molar-refractivity contribution in [2.24, 2.45) is 0 Å². The number of piperidine rings is 1. The molecule has 0 saturated carbocycles. The van der Waals surface area contributed by atoms with Gasteiger partial charge in [-0.15, -0.1) is 0 Å². The standard InChI is InChI=1S/C31H36N4O5/c1-21-8-15-27(37)25(19-21)28-23(20-34(33-28)17-18-36)12-9-22-10-13-24(14-11-22)32-29(38)26-7-5-6-16-35(26)30(39)40-31(2,3)4/h8,10-11,13-15,19-20,26,36-37H,5-7,16-18H2,1-4H3,(H,32,38)/t26-/m1/s1. The molecule has 1 aliphatic heterocycles. The van der Waals surface area contributed by atoms with E-state index in [9.17, 15) is 19.8 Å². The van der Waals surface area contributed by atoms with Crippen LogP contribution in [0.4, 0.5) is 10.5 Å². The first-order valence-corrected chi connectivity index (χ1v) is 13.4. The number of aryl methyl sites for hydroxylation is 1. The number of phenolic OH excluding ortho intramolecular Hbond substituents is 1. The molecule has 0 aliphatic carbocycles. The van der Waals surface area contributed by atoms with Gasteiger partial charge in [0, 0.05) is 29.6 Å². The first-order valence-electron chi connectivity index (χ1n) is 13.4. The number of aromatic nitrogens is 2. The number of carbonyl (C=O) groups excluding carboxylic acids is 2. The van der Waals surface area contributed by atoms with Gasteiger partial charge in [-0.2, -0.15) is 5.10 Å². The van der Waals surface area contributed by atoms with Gasteiger partial charge in [-0.1, -0.05) is 23.5 Å². The number of aliphatic hydroxyl groups excluding tert-OH is 1. The minimum Gasteiger partial charge on any atom is -0.507 e. The van der Waals surface area contributed by atoms with Gasteiger partial charge in [0.15, 0.2) is 0 Å². The number of aliphatic hydroxyl groups is 1. The smallest absolute Gasteiger partial charge is 0.410 e. The number of anilines is 1. The van der Waals surface area contributed by atoms with E-state index in [0.717, 1.165) is 24.0 Å². The molecule has 40 heavy (non-hydrogen) atoms. The number of ether oxygens (including phenoxy) is 1. The average molecular weight is 545 g/mol. The van der Waals surface area contributed by atoms with Crippen LogP contribution in [-0.4, -0.2) is 61.7 Å². The Bertz CT molecular complexity index is 1430. The van der Waals surface area contributed by atoms with E-state index in [4.69, 9.17) is 4.74 Å². The van der Waals surface area contributed by atoms with E-state index in [1.807, 2.05) is 39.8 Å². The number of likely N-dealkylation sites (tertiary alicyclic amines) is 1. The highest BCUT2D eigenvalue weighted by Crippen LogP contribution is 2.31. The summed E-state index contributed by atoms with van der Waals surface area (Å²) in [4.78, 5) is 27.3. The first kappa shape index (κ1) is 28.7. The number of nitrogens with one attached hydrogen (secondary N) is 1. The lowest BCUT2D eigenvalue weighted by Crippen LogP contribution is -2.51. The molecule has 9 heteroatoms. The fourth-order valence-electron chi connectivity index (χ4n) is 4.51. The van der Waals surface area contributed by atoms with E-state index in [0.29, 0.717) is 42.0 Å². The molecule has 1 fully saturated rings. The summed E-state index contributed by atoms with van der Waals surface area (Å²) < 4.78 is 7.11. The molecule has 9 nitrogen and oxygen atoms in total. The molecule has 1 saturated heterocycles. The molecule has 0 spiro atoms. The Morgan fingerprint density at radius 1 is 1.12 bits per heavy atom. The zero-order chi connectivity index (χ0) is 28.9. The molecule has 0 unspecified atom stereocenters. The predicted molar refractivity (Wildman–Crippen MR) is 153 cm³/mol. The summed E-state index contributed by atoms with van der Waals surface area (Å²) in [6, 6.07) is 11.8. The first-order chi connectivity index (χ1) is 19.0. The van der Waals surface area contributed by atoms with Crippen molar-refractivity contribution >= 4 is 17.7 Å². The molecule has 4 rings (SSSR count). The van der Waals surface area contributed by atoms with E-state index < -0.39 is 17.7 Å². The third kappa shape index (κ3) is 7.21. The van der Waals surface area contributed by atoms with Gasteiger partial charge in [-0.3, -0.25) is 14.4 Å². The van der Waals surface area contributed by atoms with E-state index >= 15 is 0 Å².